The van der Waals surface area contributed by atoms with Crippen molar-refractivity contribution < 1.29 is 8.42 Å². The second-order valence-corrected chi connectivity index (χ2v) is 7.55. The van der Waals surface area contributed by atoms with Gasteiger partial charge in [0.25, 0.3) is 0 Å². The molecule has 0 spiro atoms. The third kappa shape index (κ3) is 4.58. The Bertz CT molecular complexity index is 487. The molecule has 0 amide bonds. The minimum atomic E-state index is -2.77. The molecule has 1 saturated heterocycles. The van der Waals surface area contributed by atoms with Crippen LogP contribution in [0.3, 0.4) is 0 Å². The minimum Gasteiger partial charge on any atom is -0.314 e. The van der Waals surface area contributed by atoms with E-state index in [0.717, 1.165) is 25.8 Å². The van der Waals surface area contributed by atoms with Crippen LogP contribution in [-0.2, 0) is 16.3 Å². The number of aromatic nitrogens is 1. The average molecular weight is 282 g/mol. The van der Waals surface area contributed by atoms with Crippen LogP contribution in [0.15, 0.2) is 24.5 Å². The first kappa shape index (κ1) is 14.5. The Kier molecular flexibility index (Phi) is 4.93. The Morgan fingerprint density at radius 2 is 2.37 bits per heavy atom. The van der Waals surface area contributed by atoms with Crippen LogP contribution in [0.4, 0.5) is 0 Å². The molecule has 1 aliphatic rings. The summed E-state index contributed by atoms with van der Waals surface area (Å²) in [6.07, 6.45) is 6.32. The fraction of sp³-hybridized carbons (Fsp3) is 0.643. The van der Waals surface area contributed by atoms with Crippen molar-refractivity contribution in [1.29, 1.82) is 0 Å². The molecule has 0 saturated carbocycles. The number of pyridine rings is 1. The normalized spacial score (nSPS) is 23.3. The second kappa shape index (κ2) is 6.48. The van der Waals surface area contributed by atoms with E-state index in [-0.39, 0.29) is 0 Å². The van der Waals surface area contributed by atoms with Crippen molar-refractivity contribution in [1.82, 2.24) is 10.3 Å². The van der Waals surface area contributed by atoms with Gasteiger partial charge >= 0.3 is 0 Å². The molecule has 106 valence electrons. The molecule has 0 aliphatic carbocycles. The van der Waals surface area contributed by atoms with Gasteiger partial charge in [-0.2, -0.15) is 0 Å². The largest absolute Gasteiger partial charge is 0.314 e. The van der Waals surface area contributed by atoms with Crippen LogP contribution in [0.2, 0.25) is 0 Å². The van der Waals surface area contributed by atoms with Gasteiger partial charge in [-0.1, -0.05) is 13.0 Å². The molecule has 2 unspecified atom stereocenters. The highest BCUT2D eigenvalue weighted by molar-refractivity contribution is 7.91. The fourth-order valence-corrected chi connectivity index (χ4v) is 4.67. The highest BCUT2D eigenvalue weighted by atomic mass is 32.2. The topological polar surface area (TPSA) is 59.1 Å². The van der Waals surface area contributed by atoms with E-state index in [0.29, 0.717) is 23.5 Å². The monoisotopic (exact) mass is 282 g/mol. The van der Waals surface area contributed by atoms with Gasteiger partial charge in [-0.05, 0) is 43.4 Å². The summed E-state index contributed by atoms with van der Waals surface area (Å²) in [5, 5.41) is 3.46. The Morgan fingerprint density at radius 3 is 2.95 bits per heavy atom. The lowest BCUT2D eigenvalue weighted by atomic mass is 9.95. The molecule has 1 aliphatic heterocycles. The Balaban J connectivity index is 1.93. The summed E-state index contributed by atoms with van der Waals surface area (Å²) >= 11 is 0. The van der Waals surface area contributed by atoms with E-state index in [1.54, 1.807) is 6.20 Å². The summed E-state index contributed by atoms with van der Waals surface area (Å²) in [7, 11) is -2.77. The standard InChI is InChI=1S/C14H22N2O2S/c1-2-16-14(8-12-4-3-6-15-10-12)9-13-5-7-19(17,18)11-13/h3-4,6,10,13-14,16H,2,5,7-9,11H2,1H3. The summed E-state index contributed by atoms with van der Waals surface area (Å²) in [6.45, 7) is 2.99. The molecule has 19 heavy (non-hydrogen) atoms. The number of likely N-dealkylation sites (N-methyl/N-ethyl adjacent to an activating group) is 1. The quantitative estimate of drug-likeness (QED) is 0.857. The van der Waals surface area contributed by atoms with E-state index in [2.05, 4.69) is 23.3 Å². The first-order chi connectivity index (χ1) is 9.09. The molecule has 1 aromatic heterocycles. The highest BCUT2D eigenvalue weighted by Gasteiger charge is 2.29. The van der Waals surface area contributed by atoms with Gasteiger partial charge in [0.05, 0.1) is 11.5 Å². The second-order valence-electron chi connectivity index (χ2n) is 5.32. The van der Waals surface area contributed by atoms with E-state index in [1.807, 2.05) is 12.3 Å². The number of sulfone groups is 1. The molecule has 1 N–H and O–H groups in total. The SMILES string of the molecule is CCNC(Cc1cccnc1)CC1CCS(=O)(=O)C1. The smallest absolute Gasteiger partial charge is 0.150 e. The summed E-state index contributed by atoms with van der Waals surface area (Å²) in [6, 6.07) is 4.36. The summed E-state index contributed by atoms with van der Waals surface area (Å²) in [5.74, 6) is 1.04. The molecule has 0 bridgehead atoms. The van der Waals surface area contributed by atoms with Crippen LogP contribution in [0, 0.1) is 5.92 Å². The predicted molar refractivity (Wildman–Crippen MR) is 76.8 cm³/mol. The predicted octanol–water partition coefficient (Wildman–Crippen LogP) is 1.43. The van der Waals surface area contributed by atoms with Crippen LogP contribution >= 0.6 is 0 Å². The Labute approximate surface area is 115 Å². The molecule has 2 rings (SSSR count). The number of rotatable bonds is 6. The molecule has 4 nitrogen and oxygen atoms in total. The van der Waals surface area contributed by atoms with E-state index < -0.39 is 9.84 Å². The number of hydrogen-bond acceptors (Lipinski definition) is 4. The fourth-order valence-electron chi connectivity index (χ4n) is 2.79. The maximum atomic E-state index is 11.5. The van der Waals surface area contributed by atoms with Gasteiger partial charge in [-0.25, -0.2) is 8.42 Å². The van der Waals surface area contributed by atoms with Crippen molar-refractivity contribution in [3.63, 3.8) is 0 Å². The summed E-state index contributed by atoms with van der Waals surface area (Å²) in [4.78, 5) is 4.13. The average Bonchev–Trinajstić information content (AvgIpc) is 2.70. The first-order valence-corrected chi connectivity index (χ1v) is 8.74. The number of nitrogens with zero attached hydrogens (tertiary/aromatic N) is 1. The molecule has 0 radical (unpaired) electrons. The lowest BCUT2D eigenvalue weighted by Crippen LogP contribution is -2.33. The molecule has 1 aromatic rings. The lowest BCUT2D eigenvalue weighted by molar-refractivity contribution is 0.409. The zero-order valence-corrected chi connectivity index (χ0v) is 12.2. The number of hydrogen-bond donors (Lipinski definition) is 1. The van der Waals surface area contributed by atoms with Crippen molar-refractivity contribution in [3.05, 3.63) is 30.1 Å². The highest BCUT2D eigenvalue weighted by Crippen LogP contribution is 2.24. The van der Waals surface area contributed by atoms with Crippen molar-refractivity contribution in [2.45, 2.75) is 32.2 Å². The maximum absolute atomic E-state index is 11.5. The third-order valence-electron chi connectivity index (χ3n) is 3.64. The van der Waals surface area contributed by atoms with Gasteiger partial charge in [0.15, 0.2) is 9.84 Å². The molecule has 2 atom stereocenters. The molecule has 0 aromatic carbocycles. The van der Waals surface area contributed by atoms with Crippen LogP contribution in [0.1, 0.15) is 25.3 Å². The Morgan fingerprint density at radius 1 is 1.53 bits per heavy atom. The van der Waals surface area contributed by atoms with Gasteiger partial charge in [-0.15, -0.1) is 0 Å². The molecule has 2 heterocycles. The van der Waals surface area contributed by atoms with Crippen molar-refractivity contribution >= 4 is 9.84 Å². The van der Waals surface area contributed by atoms with Gasteiger partial charge in [0, 0.05) is 18.4 Å². The van der Waals surface area contributed by atoms with Crippen LogP contribution in [-0.4, -0.2) is 37.5 Å². The molecular formula is C14H22N2O2S. The summed E-state index contributed by atoms with van der Waals surface area (Å²) in [5.41, 5.74) is 1.20. The van der Waals surface area contributed by atoms with Crippen molar-refractivity contribution in [3.8, 4) is 0 Å². The van der Waals surface area contributed by atoms with Crippen molar-refractivity contribution in [2.24, 2.45) is 5.92 Å². The molecular weight excluding hydrogens is 260 g/mol. The zero-order chi connectivity index (χ0) is 13.7. The van der Waals surface area contributed by atoms with Gasteiger partial charge in [-0.3, -0.25) is 4.98 Å². The summed E-state index contributed by atoms with van der Waals surface area (Å²) < 4.78 is 23.0. The van der Waals surface area contributed by atoms with Gasteiger partial charge < -0.3 is 5.32 Å². The third-order valence-corrected chi connectivity index (χ3v) is 5.48. The maximum Gasteiger partial charge on any atom is 0.150 e. The minimum absolute atomic E-state index is 0.311. The zero-order valence-electron chi connectivity index (χ0n) is 11.4. The molecule has 5 heteroatoms. The van der Waals surface area contributed by atoms with E-state index in [9.17, 15) is 8.42 Å². The van der Waals surface area contributed by atoms with Crippen LogP contribution in [0.5, 0.6) is 0 Å². The van der Waals surface area contributed by atoms with Gasteiger partial charge in [0.1, 0.15) is 0 Å². The van der Waals surface area contributed by atoms with E-state index in [4.69, 9.17) is 0 Å². The van der Waals surface area contributed by atoms with E-state index >= 15 is 0 Å². The van der Waals surface area contributed by atoms with E-state index in [1.165, 1.54) is 5.56 Å². The van der Waals surface area contributed by atoms with Crippen LogP contribution in [0.25, 0.3) is 0 Å². The molecule has 1 fully saturated rings. The lowest BCUT2D eigenvalue weighted by Gasteiger charge is -2.20. The number of nitrogens with one attached hydrogen (secondary N) is 1. The van der Waals surface area contributed by atoms with Gasteiger partial charge in [0.2, 0.25) is 0 Å². The Hall–Kier alpha value is -0.940. The van der Waals surface area contributed by atoms with Crippen LogP contribution < -0.4 is 5.32 Å². The van der Waals surface area contributed by atoms with Crippen molar-refractivity contribution in [2.75, 3.05) is 18.1 Å². The first-order valence-electron chi connectivity index (χ1n) is 6.92.